The van der Waals surface area contributed by atoms with E-state index in [1.165, 1.54) is 12.1 Å². The molecular weight excluding hydrogens is 202 g/mol. The van der Waals surface area contributed by atoms with Crippen molar-refractivity contribution in [3.63, 3.8) is 0 Å². The van der Waals surface area contributed by atoms with Crippen LogP contribution < -0.4 is 5.32 Å². The SMILES string of the molecule is O=C(NC1=CCCC=C1)c1cccc(O)c1. The Morgan fingerprint density at radius 2 is 2.19 bits per heavy atom. The lowest BCUT2D eigenvalue weighted by molar-refractivity contribution is 0.0966. The summed E-state index contributed by atoms with van der Waals surface area (Å²) in [6, 6.07) is 6.30. The summed E-state index contributed by atoms with van der Waals surface area (Å²) in [5.41, 5.74) is 1.28. The highest BCUT2D eigenvalue weighted by atomic mass is 16.3. The second-order valence-electron chi connectivity index (χ2n) is 3.64. The van der Waals surface area contributed by atoms with Crippen molar-refractivity contribution in [2.75, 3.05) is 0 Å². The van der Waals surface area contributed by atoms with Crippen LogP contribution in [-0.4, -0.2) is 11.0 Å². The Morgan fingerprint density at radius 1 is 1.31 bits per heavy atom. The maximum Gasteiger partial charge on any atom is 0.255 e. The molecule has 3 heteroatoms. The van der Waals surface area contributed by atoms with E-state index in [4.69, 9.17) is 0 Å². The van der Waals surface area contributed by atoms with E-state index in [2.05, 4.69) is 5.32 Å². The van der Waals surface area contributed by atoms with Gasteiger partial charge in [0.05, 0.1) is 0 Å². The zero-order valence-corrected chi connectivity index (χ0v) is 8.81. The molecule has 0 radical (unpaired) electrons. The van der Waals surface area contributed by atoms with Gasteiger partial charge in [0.1, 0.15) is 5.75 Å². The van der Waals surface area contributed by atoms with Gasteiger partial charge in [-0.25, -0.2) is 0 Å². The highest BCUT2D eigenvalue weighted by Crippen LogP contribution is 2.12. The Balaban J connectivity index is 2.08. The van der Waals surface area contributed by atoms with Gasteiger partial charge in [0.2, 0.25) is 0 Å². The quantitative estimate of drug-likeness (QED) is 0.795. The summed E-state index contributed by atoms with van der Waals surface area (Å²) in [5, 5.41) is 12.0. The number of allylic oxidation sites excluding steroid dienone is 3. The van der Waals surface area contributed by atoms with E-state index < -0.39 is 0 Å². The number of carbonyl (C=O) groups is 1. The predicted molar refractivity (Wildman–Crippen MR) is 62.0 cm³/mol. The van der Waals surface area contributed by atoms with Crippen LogP contribution in [0.15, 0.2) is 48.2 Å². The molecule has 0 saturated heterocycles. The number of aromatic hydroxyl groups is 1. The molecule has 0 saturated carbocycles. The second kappa shape index (κ2) is 4.66. The van der Waals surface area contributed by atoms with E-state index in [9.17, 15) is 9.90 Å². The third-order valence-corrected chi connectivity index (χ3v) is 2.36. The van der Waals surface area contributed by atoms with Gasteiger partial charge >= 0.3 is 0 Å². The minimum absolute atomic E-state index is 0.0980. The summed E-state index contributed by atoms with van der Waals surface area (Å²) >= 11 is 0. The summed E-state index contributed by atoms with van der Waals surface area (Å²) in [6.45, 7) is 0. The number of carbonyl (C=O) groups excluding carboxylic acids is 1. The van der Waals surface area contributed by atoms with Crippen LogP contribution in [0.25, 0.3) is 0 Å². The summed E-state index contributed by atoms with van der Waals surface area (Å²) < 4.78 is 0. The van der Waals surface area contributed by atoms with Crippen molar-refractivity contribution in [2.24, 2.45) is 0 Å². The number of phenolic OH excluding ortho intramolecular Hbond substituents is 1. The molecule has 1 aliphatic carbocycles. The predicted octanol–water partition coefficient (Wildman–Crippen LogP) is 2.36. The van der Waals surface area contributed by atoms with Gasteiger partial charge in [0, 0.05) is 11.3 Å². The lowest BCUT2D eigenvalue weighted by atomic mass is 10.1. The maximum absolute atomic E-state index is 11.8. The number of amides is 1. The third-order valence-electron chi connectivity index (χ3n) is 2.36. The van der Waals surface area contributed by atoms with Crippen LogP contribution in [0.4, 0.5) is 0 Å². The first-order chi connectivity index (χ1) is 7.75. The molecule has 2 N–H and O–H groups in total. The average molecular weight is 215 g/mol. The molecule has 1 aliphatic rings. The van der Waals surface area contributed by atoms with Gasteiger partial charge in [0.25, 0.3) is 5.91 Å². The zero-order valence-electron chi connectivity index (χ0n) is 8.81. The molecule has 0 spiro atoms. The van der Waals surface area contributed by atoms with Gasteiger partial charge in [-0.05, 0) is 37.1 Å². The standard InChI is InChI=1S/C13H13NO2/c15-12-8-4-5-10(9-12)13(16)14-11-6-2-1-3-7-11/h2,4-9,15H,1,3H2,(H,14,16). The van der Waals surface area contributed by atoms with Gasteiger partial charge in [-0.1, -0.05) is 18.2 Å². The molecule has 0 heterocycles. The summed E-state index contributed by atoms with van der Waals surface area (Å²) in [5.74, 6) is -0.102. The van der Waals surface area contributed by atoms with E-state index in [0.29, 0.717) is 5.56 Å². The molecule has 0 aromatic heterocycles. The molecule has 0 unspecified atom stereocenters. The Bertz CT molecular complexity index is 461. The number of benzene rings is 1. The van der Waals surface area contributed by atoms with Gasteiger partial charge < -0.3 is 10.4 Å². The molecular formula is C13H13NO2. The number of nitrogens with one attached hydrogen (secondary N) is 1. The zero-order chi connectivity index (χ0) is 11.4. The largest absolute Gasteiger partial charge is 0.508 e. The van der Waals surface area contributed by atoms with E-state index in [0.717, 1.165) is 18.5 Å². The Labute approximate surface area is 94.1 Å². The van der Waals surface area contributed by atoms with Crippen LogP contribution in [0.2, 0.25) is 0 Å². The smallest absolute Gasteiger partial charge is 0.255 e. The Hall–Kier alpha value is -2.03. The highest BCUT2D eigenvalue weighted by Gasteiger charge is 2.07. The van der Waals surface area contributed by atoms with Crippen LogP contribution >= 0.6 is 0 Å². The van der Waals surface area contributed by atoms with Crippen molar-refractivity contribution in [3.05, 3.63) is 53.8 Å². The van der Waals surface area contributed by atoms with E-state index in [1.807, 2.05) is 18.2 Å². The van der Waals surface area contributed by atoms with Crippen molar-refractivity contribution in [3.8, 4) is 5.75 Å². The fourth-order valence-electron chi connectivity index (χ4n) is 1.56. The fraction of sp³-hybridized carbons (Fsp3) is 0.154. The maximum atomic E-state index is 11.8. The van der Waals surface area contributed by atoms with E-state index in [1.54, 1.807) is 12.1 Å². The molecule has 16 heavy (non-hydrogen) atoms. The highest BCUT2D eigenvalue weighted by molar-refractivity contribution is 5.95. The first-order valence-corrected chi connectivity index (χ1v) is 5.23. The topological polar surface area (TPSA) is 49.3 Å². The first-order valence-electron chi connectivity index (χ1n) is 5.23. The fourth-order valence-corrected chi connectivity index (χ4v) is 1.56. The van der Waals surface area contributed by atoms with Crippen LogP contribution in [0, 0.1) is 0 Å². The van der Waals surface area contributed by atoms with Crippen LogP contribution in [0.3, 0.4) is 0 Å². The molecule has 1 aromatic carbocycles. The minimum Gasteiger partial charge on any atom is -0.508 e. The summed E-state index contributed by atoms with van der Waals surface area (Å²) in [4.78, 5) is 11.8. The van der Waals surface area contributed by atoms with E-state index >= 15 is 0 Å². The molecule has 1 amide bonds. The van der Waals surface area contributed by atoms with Crippen molar-refractivity contribution in [1.82, 2.24) is 5.32 Å². The molecule has 0 fully saturated rings. The normalized spacial score (nSPS) is 14.4. The first kappa shape index (κ1) is 10.5. The number of hydrogen-bond donors (Lipinski definition) is 2. The number of hydrogen-bond acceptors (Lipinski definition) is 2. The average Bonchev–Trinajstić information content (AvgIpc) is 2.30. The number of phenols is 1. The molecule has 0 atom stereocenters. The molecule has 3 nitrogen and oxygen atoms in total. The van der Waals surface area contributed by atoms with E-state index in [-0.39, 0.29) is 11.7 Å². The molecule has 2 rings (SSSR count). The van der Waals surface area contributed by atoms with Crippen molar-refractivity contribution < 1.29 is 9.90 Å². The van der Waals surface area contributed by atoms with Crippen LogP contribution in [-0.2, 0) is 0 Å². The van der Waals surface area contributed by atoms with Crippen molar-refractivity contribution >= 4 is 5.91 Å². The lowest BCUT2D eigenvalue weighted by Crippen LogP contribution is -2.22. The molecule has 0 bridgehead atoms. The second-order valence-corrected chi connectivity index (χ2v) is 3.64. The molecule has 0 aliphatic heterocycles. The molecule has 82 valence electrons. The molecule has 1 aromatic rings. The van der Waals surface area contributed by atoms with Crippen molar-refractivity contribution in [1.29, 1.82) is 0 Å². The van der Waals surface area contributed by atoms with Gasteiger partial charge in [-0.15, -0.1) is 0 Å². The minimum atomic E-state index is -0.200. The number of rotatable bonds is 2. The Morgan fingerprint density at radius 3 is 2.88 bits per heavy atom. The van der Waals surface area contributed by atoms with Gasteiger partial charge in [-0.3, -0.25) is 4.79 Å². The van der Waals surface area contributed by atoms with Crippen molar-refractivity contribution in [2.45, 2.75) is 12.8 Å². The van der Waals surface area contributed by atoms with Crippen LogP contribution in [0.5, 0.6) is 5.75 Å². The van der Waals surface area contributed by atoms with Gasteiger partial charge in [-0.2, -0.15) is 0 Å². The summed E-state index contributed by atoms with van der Waals surface area (Å²) in [6.07, 6.45) is 7.88. The van der Waals surface area contributed by atoms with Gasteiger partial charge in [0.15, 0.2) is 0 Å². The third kappa shape index (κ3) is 2.51. The lowest BCUT2D eigenvalue weighted by Gasteiger charge is -2.09. The monoisotopic (exact) mass is 215 g/mol. The Kier molecular flexibility index (Phi) is 3.05. The summed E-state index contributed by atoms with van der Waals surface area (Å²) in [7, 11) is 0. The van der Waals surface area contributed by atoms with Crippen LogP contribution in [0.1, 0.15) is 23.2 Å².